The molecular weight excluding hydrogens is 262 g/mol. The molecule has 0 aromatic heterocycles. The molecule has 2 N–H and O–H groups in total. The molecule has 2 heterocycles. The van der Waals surface area contributed by atoms with Crippen molar-refractivity contribution in [3.63, 3.8) is 0 Å². The summed E-state index contributed by atoms with van der Waals surface area (Å²) in [5.74, 6) is -1.03. The summed E-state index contributed by atoms with van der Waals surface area (Å²) in [7, 11) is 3.75. The van der Waals surface area contributed by atoms with Crippen LogP contribution < -0.4 is 5.32 Å². The van der Waals surface area contributed by atoms with Crippen molar-refractivity contribution >= 4 is 12.0 Å². The molecule has 114 valence electrons. The van der Waals surface area contributed by atoms with Gasteiger partial charge < -0.3 is 25.0 Å². The summed E-state index contributed by atoms with van der Waals surface area (Å²) in [5, 5.41) is 11.9. The molecule has 2 atom stereocenters. The lowest BCUT2D eigenvalue weighted by Gasteiger charge is -2.30. The number of nitrogens with zero attached hydrogens (tertiary/aromatic N) is 2. The zero-order valence-electron chi connectivity index (χ0n) is 12.1. The Balaban J connectivity index is 1.91. The lowest BCUT2D eigenvalue weighted by Crippen LogP contribution is -2.58. The van der Waals surface area contributed by atoms with Crippen LogP contribution in [0.1, 0.15) is 19.3 Å². The fourth-order valence-corrected chi connectivity index (χ4v) is 2.79. The van der Waals surface area contributed by atoms with Crippen molar-refractivity contribution in [1.29, 1.82) is 0 Å². The smallest absolute Gasteiger partial charge is 0.332 e. The number of rotatable bonds is 4. The summed E-state index contributed by atoms with van der Waals surface area (Å²) in [6, 6.07) is 0.00422. The van der Waals surface area contributed by atoms with Gasteiger partial charge in [0.2, 0.25) is 0 Å². The van der Waals surface area contributed by atoms with E-state index in [0.29, 0.717) is 25.6 Å². The topological polar surface area (TPSA) is 82.1 Å². The minimum atomic E-state index is -1.27. The van der Waals surface area contributed by atoms with Crippen LogP contribution in [0.25, 0.3) is 0 Å². The van der Waals surface area contributed by atoms with Gasteiger partial charge in [-0.05, 0) is 26.4 Å². The van der Waals surface area contributed by atoms with Gasteiger partial charge in [0, 0.05) is 32.7 Å². The average molecular weight is 285 g/mol. The molecule has 0 radical (unpaired) electrons. The van der Waals surface area contributed by atoms with Gasteiger partial charge in [-0.15, -0.1) is 0 Å². The number of likely N-dealkylation sites (tertiary alicyclic amines) is 1. The van der Waals surface area contributed by atoms with Crippen molar-refractivity contribution in [2.24, 2.45) is 0 Å². The number of likely N-dealkylation sites (N-methyl/N-ethyl adjacent to an activating group) is 2. The zero-order valence-corrected chi connectivity index (χ0v) is 12.1. The molecule has 7 nitrogen and oxygen atoms in total. The Morgan fingerprint density at radius 1 is 1.55 bits per heavy atom. The number of carbonyl (C=O) groups is 2. The quantitative estimate of drug-likeness (QED) is 0.758. The first-order chi connectivity index (χ1) is 9.44. The highest BCUT2D eigenvalue weighted by Crippen LogP contribution is 2.20. The molecule has 2 unspecified atom stereocenters. The number of carboxylic acid groups (broad SMARTS) is 1. The Bertz CT molecular complexity index is 382. The molecule has 7 heteroatoms. The van der Waals surface area contributed by atoms with E-state index in [2.05, 4.69) is 10.2 Å². The molecule has 2 aliphatic rings. The van der Waals surface area contributed by atoms with E-state index in [1.54, 1.807) is 11.9 Å². The fraction of sp³-hybridized carbons (Fsp3) is 0.846. The van der Waals surface area contributed by atoms with E-state index in [9.17, 15) is 14.7 Å². The molecule has 20 heavy (non-hydrogen) atoms. The number of urea groups is 1. The Kier molecular flexibility index (Phi) is 4.49. The molecule has 0 spiro atoms. The summed E-state index contributed by atoms with van der Waals surface area (Å²) in [4.78, 5) is 27.3. The Hall–Kier alpha value is -1.34. The van der Waals surface area contributed by atoms with Crippen LogP contribution in [0.4, 0.5) is 4.79 Å². The molecule has 0 saturated carbocycles. The Morgan fingerprint density at radius 3 is 2.80 bits per heavy atom. The summed E-state index contributed by atoms with van der Waals surface area (Å²) >= 11 is 0. The summed E-state index contributed by atoms with van der Waals surface area (Å²) in [5.41, 5.74) is -1.27. The third kappa shape index (κ3) is 3.04. The van der Waals surface area contributed by atoms with Crippen molar-refractivity contribution in [3.8, 4) is 0 Å². The van der Waals surface area contributed by atoms with Gasteiger partial charge in [-0.2, -0.15) is 0 Å². The lowest BCUT2D eigenvalue weighted by atomic mass is 9.99. The Morgan fingerprint density at radius 2 is 2.30 bits per heavy atom. The van der Waals surface area contributed by atoms with E-state index < -0.39 is 11.5 Å². The maximum atomic E-state index is 12.2. The molecule has 0 bridgehead atoms. The second-order valence-corrected chi connectivity index (χ2v) is 5.78. The van der Waals surface area contributed by atoms with E-state index in [1.807, 2.05) is 7.05 Å². The van der Waals surface area contributed by atoms with Gasteiger partial charge in [0.05, 0.1) is 6.61 Å². The van der Waals surface area contributed by atoms with Crippen molar-refractivity contribution in [1.82, 2.24) is 15.1 Å². The summed E-state index contributed by atoms with van der Waals surface area (Å²) < 4.78 is 5.13. The SMILES string of the molecule is CN(CC1CCCN1C)C(=O)NC1(C(=O)O)CCOC1. The number of carboxylic acids is 1. The second-order valence-electron chi connectivity index (χ2n) is 5.78. The molecule has 0 aliphatic carbocycles. The number of carbonyl (C=O) groups excluding carboxylic acids is 1. The maximum absolute atomic E-state index is 12.2. The number of hydrogen-bond acceptors (Lipinski definition) is 4. The number of amides is 2. The van der Waals surface area contributed by atoms with Crippen LogP contribution in [-0.4, -0.2) is 78.9 Å². The molecule has 2 aliphatic heterocycles. The Labute approximate surface area is 118 Å². The molecule has 2 fully saturated rings. The van der Waals surface area contributed by atoms with Crippen molar-refractivity contribution in [2.45, 2.75) is 30.8 Å². The normalized spacial score (nSPS) is 30.4. The van der Waals surface area contributed by atoms with Crippen LogP contribution in [-0.2, 0) is 9.53 Å². The van der Waals surface area contributed by atoms with Crippen LogP contribution in [0.5, 0.6) is 0 Å². The van der Waals surface area contributed by atoms with Crippen LogP contribution in [0.3, 0.4) is 0 Å². The van der Waals surface area contributed by atoms with Crippen LogP contribution in [0.2, 0.25) is 0 Å². The van der Waals surface area contributed by atoms with Gasteiger partial charge in [-0.1, -0.05) is 0 Å². The van der Waals surface area contributed by atoms with E-state index in [-0.39, 0.29) is 12.6 Å². The molecule has 2 amide bonds. The molecule has 0 aromatic rings. The van der Waals surface area contributed by atoms with Crippen LogP contribution in [0, 0.1) is 0 Å². The standard InChI is InChI=1S/C13H23N3O4/c1-15-6-3-4-10(15)8-16(2)12(19)14-13(11(17)18)5-7-20-9-13/h10H,3-9H2,1-2H3,(H,14,19)(H,17,18). The van der Waals surface area contributed by atoms with Gasteiger partial charge in [0.25, 0.3) is 0 Å². The first kappa shape index (κ1) is 15.1. The first-order valence-corrected chi connectivity index (χ1v) is 6.99. The zero-order chi connectivity index (χ0) is 14.8. The number of hydrogen-bond donors (Lipinski definition) is 2. The van der Waals surface area contributed by atoms with Gasteiger partial charge in [-0.3, -0.25) is 0 Å². The lowest BCUT2D eigenvalue weighted by molar-refractivity contribution is -0.144. The number of nitrogens with one attached hydrogen (secondary N) is 1. The van der Waals surface area contributed by atoms with Crippen molar-refractivity contribution in [2.75, 3.05) is 40.4 Å². The number of ether oxygens (including phenoxy) is 1. The highest BCUT2D eigenvalue weighted by atomic mass is 16.5. The highest BCUT2D eigenvalue weighted by Gasteiger charge is 2.44. The van der Waals surface area contributed by atoms with Crippen molar-refractivity contribution < 1.29 is 19.4 Å². The highest BCUT2D eigenvalue weighted by molar-refractivity contribution is 5.86. The first-order valence-electron chi connectivity index (χ1n) is 6.99. The van der Waals surface area contributed by atoms with Gasteiger partial charge in [0.15, 0.2) is 5.54 Å². The maximum Gasteiger partial charge on any atom is 0.332 e. The van der Waals surface area contributed by atoms with E-state index in [0.717, 1.165) is 19.4 Å². The second kappa shape index (κ2) is 5.97. The number of aliphatic carboxylic acids is 1. The average Bonchev–Trinajstić information content (AvgIpc) is 3.00. The molecule has 2 rings (SSSR count). The van der Waals surface area contributed by atoms with Crippen LogP contribution >= 0.6 is 0 Å². The molecule has 0 aromatic carbocycles. The van der Waals surface area contributed by atoms with Gasteiger partial charge >= 0.3 is 12.0 Å². The van der Waals surface area contributed by atoms with E-state index in [4.69, 9.17) is 4.74 Å². The van der Waals surface area contributed by atoms with E-state index >= 15 is 0 Å². The summed E-state index contributed by atoms with van der Waals surface area (Å²) in [6.45, 7) is 2.05. The third-order valence-corrected chi connectivity index (χ3v) is 4.28. The largest absolute Gasteiger partial charge is 0.479 e. The predicted octanol–water partition coefficient (Wildman–Crippen LogP) is -0.0343. The van der Waals surface area contributed by atoms with Gasteiger partial charge in [0.1, 0.15) is 0 Å². The van der Waals surface area contributed by atoms with Crippen molar-refractivity contribution in [3.05, 3.63) is 0 Å². The van der Waals surface area contributed by atoms with E-state index in [1.165, 1.54) is 0 Å². The minimum Gasteiger partial charge on any atom is -0.479 e. The summed E-state index contributed by atoms with van der Waals surface area (Å²) in [6.07, 6.45) is 2.52. The van der Waals surface area contributed by atoms with Crippen LogP contribution in [0.15, 0.2) is 0 Å². The molecule has 2 saturated heterocycles. The predicted molar refractivity (Wildman–Crippen MR) is 72.6 cm³/mol. The fourth-order valence-electron chi connectivity index (χ4n) is 2.79. The third-order valence-electron chi connectivity index (χ3n) is 4.28. The minimum absolute atomic E-state index is 0.0330. The van der Waals surface area contributed by atoms with Gasteiger partial charge in [-0.25, -0.2) is 9.59 Å². The monoisotopic (exact) mass is 285 g/mol. The molecular formula is C13H23N3O4.